The van der Waals surface area contributed by atoms with Gasteiger partial charge in [-0.05, 0) is 44.7 Å². The smallest absolute Gasteiger partial charge is 0.410 e. The van der Waals surface area contributed by atoms with Crippen molar-refractivity contribution in [3.63, 3.8) is 0 Å². The van der Waals surface area contributed by atoms with E-state index >= 15 is 0 Å². The Balaban J connectivity index is 1.69. The SMILES string of the molecule is CC(C)(C)OC(=O)N1CCCC1C(=O)N[C@H]1c2ccccc2C[C@@H]1O. The van der Waals surface area contributed by atoms with Crippen molar-refractivity contribution in [1.82, 2.24) is 10.2 Å². The molecule has 2 aliphatic rings. The second-order valence-corrected chi connectivity index (χ2v) is 7.79. The number of hydrogen-bond donors (Lipinski definition) is 2. The van der Waals surface area contributed by atoms with E-state index in [1.807, 2.05) is 45.0 Å². The minimum atomic E-state index is -0.641. The number of carbonyl (C=O) groups is 2. The summed E-state index contributed by atoms with van der Waals surface area (Å²) in [7, 11) is 0. The number of likely N-dealkylation sites (tertiary alicyclic amines) is 1. The Morgan fingerprint density at radius 1 is 1.28 bits per heavy atom. The molecular weight excluding hydrogens is 320 g/mol. The number of fused-ring (bicyclic) bond motifs is 1. The van der Waals surface area contributed by atoms with Crippen LogP contribution >= 0.6 is 0 Å². The van der Waals surface area contributed by atoms with Gasteiger partial charge < -0.3 is 15.2 Å². The number of benzene rings is 1. The van der Waals surface area contributed by atoms with Gasteiger partial charge in [-0.3, -0.25) is 9.69 Å². The Morgan fingerprint density at radius 3 is 2.72 bits per heavy atom. The minimum Gasteiger partial charge on any atom is -0.444 e. The Hall–Kier alpha value is -2.08. The quantitative estimate of drug-likeness (QED) is 0.860. The van der Waals surface area contributed by atoms with Crippen LogP contribution in [-0.4, -0.2) is 46.3 Å². The van der Waals surface area contributed by atoms with E-state index in [0.29, 0.717) is 19.4 Å². The van der Waals surface area contributed by atoms with E-state index in [0.717, 1.165) is 17.5 Å². The minimum absolute atomic E-state index is 0.232. The van der Waals surface area contributed by atoms with E-state index in [2.05, 4.69) is 5.32 Å². The molecule has 0 spiro atoms. The molecule has 0 saturated carbocycles. The zero-order valence-electron chi connectivity index (χ0n) is 15.0. The fourth-order valence-corrected chi connectivity index (χ4v) is 3.58. The highest BCUT2D eigenvalue weighted by Crippen LogP contribution is 2.32. The highest BCUT2D eigenvalue weighted by molar-refractivity contribution is 5.86. The van der Waals surface area contributed by atoms with Crippen LogP contribution in [0.2, 0.25) is 0 Å². The molecule has 3 atom stereocenters. The lowest BCUT2D eigenvalue weighted by atomic mass is 10.1. The average Bonchev–Trinajstić information content (AvgIpc) is 3.11. The summed E-state index contributed by atoms with van der Waals surface area (Å²) in [6.45, 7) is 5.93. The van der Waals surface area contributed by atoms with Gasteiger partial charge in [0.1, 0.15) is 11.6 Å². The van der Waals surface area contributed by atoms with Crippen LogP contribution in [0.3, 0.4) is 0 Å². The van der Waals surface area contributed by atoms with E-state index in [1.165, 1.54) is 4.90 Å². The zero-order chi connectivity index (χ0) is 18.2. The maximum atomic E-state index is 12.8. The van der Waals surface area contributed by atoms with Crippen LogP contribution in [0.1, 0.15) is 50.8 Å². The third-order valence-corrected chi connectivity index (χ3v) is 4.69. The fourth-order valence-electron chi connectivity index (χ4n) is 3.58. The monoisotopic (exact) mass is 346 g/mol. The van der Waals surface area contributed by atoms with Crippen LogP contribution in [0, 0.1) is 0 Å². The molecule has 1 fully saturated rings. The van der Waals surface area contributed by atoms with Crippen molar-refractivity contribution in [3.8, 4) is 0 Å². The van der Waals surface area contributed by atoms with Crippen LogP contribution in [0.15, 0.2) is 24.3 Å². The van der Waals surface area contributed by atoms with Crippen molar-refractivity contribution in [1.29, 1.82) is 0 Å². The molecular formula is C19H26N2O4. The molecule has 0 aromatic heterocycles. The molecule has 1 aromatic rings. The molecule has 1 aliphatic heterocycles. The van der Waals surface area contributed by atoms with Crippen LogP contribution in [0.5, 0.6) is 0 Å². The maximum Gasteiger partial charge on any atom is 0.410 e. The van der Waals surface area contributed by atoms with E-state index < -0.39 is 29.9 Å². The predicted octanol–water partition coefficient (Wildman–Crippen LogP) is 2.16. The Labute approximate surface area is 148 Å². The third kappa shape index (κ3) is 3.79. The number of nitrogens with one attached hydrogen (secondary N) is 1. The lowest BCUT2D eigenvalue weighted by Gasteiger charge is -2.29. The number of rotatable bonds is 2. The molecule has 6 heteroatoms. The van der Waals surface area contributed by atoms with Crippen molar-refractivity contribution in [2.45, 2.75) is 63.8 Å². The standard InChI is InChI=1S/C19H26N2O4/c1-19(2,3)25-18(24)21-10-6-9-14(21)17(23)20-16-13-8-5-4-7-12(13)11-15(16)22/h4-5,7-8,14-16,22H,6,9-11H2,1-3H3,(H,20,23)/t14?,15-,16-/m0/s1. The molecule has 1 heterocycles. The first kappa shape index (κ1) is 17.7. The van der Waals surface area contributed by atoms with E-state index in [9.17, 15) is 14.7 Å². The Kier molecular flexibility index (Phi) is 4.73. The molecule has 1 aliphatic carbocycles. The molecule has 25 heavy (non-hydrogen) atoms. The van der Waals surface area contributed by atoms with Gasteiger partial charge in [0, 0.05) is 13.0 Å². The van der Waals surface area contributed by atoms with E-state index in [4.69, 9.17) is 4.74 Å². The number of nitrogens with zero attached hydrogens (tertiary/aromatic N) is 1. The molecule has 0 bridgehead atoms. The topological polar surface area (TPSA) is 78.9 Å². The second-order valence-electron chi connectivity index (χ2n) is 7.79. The molecule has 1 unspecified atom stereocenters. The number of amides is 2. The summed E-state index contributed by atoms with van der Waals surface area (Å²) in [5.74, 6) is -0.232. The summed E-state index contributed by atoms with van der Waals surface area (Å²) >= 11 is 0. The molecule has 0 radical (unpaired) electrons. The maximum absolute atomic E-state index is 12.8. The predicted molar refractivity (Wildman–Crippen MR) is 93.0 cm³/mol. The van der Waals surface area contributed by atoms with E-state index in [-0.39, 0.29) is 5.91 Å². The highest BCUT2D eigenvalue weighted by atomic mass is 16.6. The molecule has 3 rings (SSSR count). The van der Waals surface area contributed by atoms with Gasteiger partial charge in [-0.1, -0.05) is 24.3 Å². The van der Waals surface area contributed by atoms with Gasteiger partial charge in [-0.2, -0.15) is 0 Å². The molecule has 2 amide bonds. The summed E-state index contributed by atoms with van der Waals surface area (Å²) in [6.07, 6.45) is 0.799. The van der Waals surface area contributed by atoms with Gasteiger partial charge in [0.05, 0.1) is 12.1 Å². The summed E-state index contributed by atoms with van der Waals surface area (Å²) < 4.78 is 5.41. The normalized spacial score (nSPS) is 25.6. The largest absolute Gasteiger partial charge is 0.444 e. The lowest BCUT2D eigenvalue weighted by molar-refractivity contribution is -0.127. The molecule has 6 nitrogen and oxygen atoms in total. The zero-order valence-corrected chi connectivity index (χ0v) is 15.0. The first-order chi connectivity index (χ1) is 11.8. The molecule has 2 N–H and O–H groups in total. The van der Waals surface area contributed by atoms with E-state index in [1.54, 1.807) is 0 Å². The third-order valence-electron chi connectivity index (χ3n) is 4.69. The summed E-state index contributed by atoms with van der Waals surface area (Å²) in [5.41, 5.74) is 1.40. The van der Waals surface area contributed by atoms with Crippen molar-refractivity contribution in [2.24, 2.45) is 0 Å². The molecule has 1 aromatic carbocycles. The number of aliphatic hydroxyl groups excluding tert-OH is 1. The van der Waals surface area contributed by atoms with Crippen LogP contribution in [-0.2, 0) is 16.0 Å². The number of ether oxygens (including phenoxy) is 1. The summed E-state index contributed by atoms with van der Waals surface area (Å²) in [6, 6.07) is 6.75. The average molecular weight is 346 g/mol. The van der Waals surface area contributed by atoms with Gasteiger partial charge >= 0.3 is 6.09 Å². The van der Waals surface area contributed by atoms with Crippen LogP contribution in [0.4, 0.5) is 4.79 Å². The number of carbonyl (C=O) groups excluding carboxylic acids is 2. The van der Waals surface area contributed by atoms with Gasteiger partial charge in [-0.25, -0.2) is 4.79 Å². The summed E-state index contributed by atoms with van der Waals surface area (Å²) in [5, 5.41) is 13.2. The van der Waals surface area contributed by atoms with Gasteiger partial charge in [0.2, 0.25) is 5.91 Å². The Morgan fingerprint density at radius 2 is 2.00 bits per heavy atom. The van der Waals surface area contributed by atoms with Crippen molar-refractivity contribution in [3.05, 3.63) is 35.4 Å². The first-order valence-corrected chi connectivity index (χ1v) is 8.82. The van der Waals surface area contributed by atoms with Gasteiger partial charge in [-0.15, -0.1) is 0 Å². The summed E-state index contributed by atoms with van der Waals surface area (Å²) in [4.78, 5) is 26.6. The van der Waals surface area contributed by atoms with Crippen LogP contribution in [0.25, 0.3) is 0 Å². The second kappa shape index (κ2) is 6.67. The number of aliphatic hydroxyl groups is 1. The molecule has 1 saturated heterocycles. The van der Waals surface area contributed by atoms with Gasteiger partial charge in [0.25, 0.3) is 0 Å². The first-order valence-electron chi connectivity index (χ1n) is 8.82. The lowest BCUT2D eigenvalue weighted by Crippen LogP contribution is -2.49. The van der Waals surface area contributed by atoms with Crippen molar-refractivity contribution in [2.75, 3.05) is 6.54 Å². The highest BCUT2D eigenvalue weighted by Gasteiger charge is 2.39. The van der Waals surface area contributed by atoms with Crippen LogP contribution < -0.4 is 5.32 Å². The van der Waals surface area contributed by atoms with Crippen molar-refractivity contribution >= 4 is 12.0 Å². The number of hydrogen-bond acceptors (Lipinski definition) is 4. The fraction of sp³-hybridized carbons (Fsp3) is 0.579. The van der Waals surface area contributed by atoms with Crippen molar-refractivity contribution < 1.29 is 19.4 Å². The van der Waals surface area contributed by atoms with Gasteiger partial charge in [0.15, 0.2) is 0 Å². The Bertz CT molecular complexity index is 668. The molecule has 136 valence electrons.